The minimum Gasteiger partial charge on any atom is -0.550 e. The molecule has 0 saturated heterocycles. The molecule has 0 bridgehead atoms. The molecule has 6 heteroatoms. The first-order valence-corrected chi connectivity index (χ1v) is 1.82. The Morgan fingerprint density at radius 1 is 1.00 bits per heavy atom. The Labute approximate surface area is 82.1 Å². The van der Waals surface area contributed by atoms with Gasteiger partial charge in [-0.15, -0.1) is 17.0 Å². The first-order chi connectivity index (χ1) is 3.46. The molecule has 0 aliphatic heterocycles. The summed E-state index contributed by atoms with van der Waals surface area (Å²) < 4.78 is 0. The fourth-order valence-corrected chi connectivity index (χ4v) is 0. The van der Waals surface area contributed by atoms with Gasteiger partial charge >= 0.3 is 19.5 Å². The Kier molecular flexibility index (Phi) is 36.0. The summed E-state index contributed by atoms with van der Waals surface area (Å²) in [5, 5.41) is 17.8. The zero-order valence-electron chi connectivity index (χ0n) is 5.75. The van der Waals surface area contributed by atoms with E-state index in [4.69, 9.17) is 19.8 Å². The summed E-state index contributed by atoms with van der Waals surface area (Å²) in [6.45, 7) is 1.94. The van der Waals surface area contributed by atoms with Crippen LogP contribution in [0.1, 0.15) is 13.8 Å². The average Bonchev–Trinajstić information content (AvgIpc) is 1.25. The van der Waals surface area contributed by atoms with Gasteiger partial charge in [0.05, 0.1) is 0 Å². The third-order valence-electron chi connectivity index (χ3n) is 0. The van der Waals surface area contributed by atoms with Crippen LogP contribution in [-0.2, 0) is 29.1 Å². The van der Waals surface area contributed by atoms with Gasteiger partial charge in [-0.05, 0) is 13.8 Å². The van der Waals surface area contributed by atoms with E-state index in [9.17, 15) is 0 Å². The molecule has 0 heterocycles. The van der Waals surface area contributed by atoms with E-state index in [-0.39, 0.29) is 36.5 Å². The molecular weight excluding hydrogens is 257 g/mol. The number of rotatable bonds is 0. The molecule has 4 nitrogen and oxygen atoms in total. The maximum absolute atomic E-state index is 8.89. The number of carbonyl (C=O) groups is 2. The van der Waals surface area contributed by atoms with E-state index in [0.29, 0.717) is 0 Å². The predicted molar refractivity (Wildman–Crippen MR) is 31.7 cm³/mol. The molecule has 0 aromatic rings. The number of carboxylic acids is 2. The van der Waals surface area contributed by atoms with Crippen LogP contribution < -0.4 is 10.2 Å². The van der Waals surface area contributed by atoms with Gasteiger partial charge in [0.1, 0.15) is 0 Å². The number of carboxylic acid groups (broad SMARTS) is 2. The van der Waals surface area contributed by atoms with Gasteiger partial charge < -0.3 is 19.8 Å². The van der Waals surface area contributed by atoms with Crippen LogP contribution in [0, 0.1) is 0 Å². The SMILES string of the molecule is Br.CC(=O)[O-].CC(=O)[O-].[Zn+2]. The zero-order valence-corrected chi connectivity index (χ0v) is 10.4. The summed E-state index contributed by atoms with van der Waals surface area (Å²) in [4.78, 5) is 17.8. The largest absolute Gasteiger partial charge is 2.00 e. The van der Waals surface area contributed by atoms with E-state index < -0.39 is 11.9 Å². The van der Waals surface area contributed by atoms with Crippen LogP contribution in [0.15, 0.2) is 0 Å². The van der Waals surface area contributed by atoms with E-state index in [1.54, 1.807) is 0 Å². The van der Waals surface area contributed by atoms with Crippen molar-refractivity contribution in [2.75, 3.05) is 0 Å². The summed E-state index contributed by atoms with van der Waals surface area (Å²) in [6.07, 6.45) is 0. The topological polar surface area (TPSA) is 80.3 Å². The quantitative estimate of drug-likeness (QED) is 0.478. The molecule has 0 amide bonds. The molecule has 0 fully saturated rings. The normalized spacial score (nSPS) is 5.00. The maximum atomic E-state index is 8.89. The summed E-state index contributed by atoms with van der Waals surface area (Å²) in [7, 11) is 0. The smallest absolute Gasteiger partial charge is 0.550 e. The Morgan fingerprint density at radius 2 is 1.00 bits per heavy atom. The number of halogens is 1. The molecule has 0 aromatic heterocycles. The van der Waals surface area contributed by atoms with Crippen LogP contribution in [0.4, 0.5) is 0 Å². The van der Waals surface area contributed by atoms with Crippen molar-refractivity contribution in [2.24, 2.45) is 0 Å². The number of hydrogen-bond acceptors (Lipinski definition) is 4. The molecule has 0 unspecified atom stereocenters. The van der Waals surface area contributed by atoms with Gasteiger partial charge in [-0.3, -0.25) is 0 Å². The fraction of sp³-hybridized carbons (Fsp3) is 0.500. The molecule has 56 valence electrons. The van der Waals surface area contributed by atoms with Crippen molar-refractivity contribution < 1.29 is 39.3 Å². The molecule has 0 rings (SSSR count). The molecule has 0 atom stereocenters. The monoisotopic (exact) mass is 262 g/mol. The molecular formula is C4H7BrO4Zn. The van der Waals surface area contributed by atoms with Gasteiger partial charge in [-0.25, -0.2) is 0 Å². The van der Waals surface area contributed by atoms with Crippen molar-refractivity contribution in [3.63, 3.8) is 0 Å². The Morgan fingerprint density at radius 3 is 1.00 bits per heavy atom. The van der Waals surface area contributed by atoms with Gasteiger partial charge in [0.15, 0.2) is 0 Å². The third kappa shape index (κ3) is 212000. The third-order valence-corrected chi connectivity index (χ3v) is 0. The molecule has 0 aliphatic carbocycles. The first-order valence-electron chi connectivity index (χ1n) is 1.82. The summed E-state index contributed by atoms with van der Waals surface area (Å²) in [5.74, 6) is -2.17. The van der Waals surface area contributed by atoms with Crippen LogP contribution in [0.2, 0.25) is 0 Å². The molecule has 0 radical (unpaired) electrons. The Hall–Kier alpha value is 0.0434. The van der Waals surface area contributed by atoms with Crippen molar-refractivity contribution in [1.29, 1.82) is 0 Å². The van der Waals surface area contributed by atoms with Crippen LogP contribution in [-0.4, -0.2) is 11.9 Å². The molecule has 10 heavy (non-hydrogen) atoms. The molecule has 0 saturated carbocycles. The van der Waals surface area contributed by atoms with Crippen molar-refractivity contribution in [2.45, 2.75) is 13.8 Å². The van der Waals surface area contributed by atoms with Crippen molar-refractivity contribution in [3.05, 3.63) is 0 Å². The van der Waals surface area contributed by atoms with E-state index in [2.05, 4.69) is 0 Å². The minimum atomic E-state index is -1.08. The van der Waals surface area contributed by atoms with E-state index in [1.807, 2.05) is 0 Å². The van der Waals surface area contributed by atoms with Crippen LogP contribution in [0.5, 0.6) is 0 Å². The van der Waals surface area contributed by atoms with Gasteiger partial charge in [0, 0.05) is 11.9 Å². The maximum Gasteiger partial charge on any atom is 2.00 e. The molecule has 0 aliphatic rings. The van der Waals surface area contributed by atoms with Gasteiger partial charge in [-0.2, -0.15) is 0 Å². The zero-order chi connectivity index (χ0) is 7.15. The van der Waals surface area contributed by atoms with Gasteiger partial charge in [0.2, 0.25) is 0 Å². The standard InChI is InChI=1S/2C2H4O2.BrH.Zn/c2*1-2(3)4;;/h2*1H3,(H,3,4);1H;/q;;;+2/p-2. The fourth-order valence-electron chi connectivity index (χ4n) is 0. The number of carbonyl (C=O) groups excluding carboxylic acids is 2. The van der Waals surface area contributed by atoms with Crippen molar-refractivity contribution in [1.82, 2.24) is 0 Å². The minimum absolute atomic E-state index is 0. The summed E-state index contributed by atoms with van der Waals surface area (Å²) in [6, 6.07) is 0. The number of aliphatic carboxylic acids is 2. The second kappa shape index (κ2) is 16.0. The predicted octanol–water partition coefficient (Wildman–Crippen LogP) is -1.91. The number of hydrogen-bond donors (Lipinski definition) is 0. The average molecular weight is 264 g/mol. The first kappa shape index (κ1) is 22.5. The van der Waals surface area contributed by atoms with Gasteiger partial charge in [0.25, 0.3) is 0 Å². The van der Waals surface area contributed by atoms with Crippen molar-refractivity contribution >= 4 is 28.9 Å². The summed E-state index contributed by atoms with van der Waals surface area (Å²) in [5.41, 5.74) is 0. The van der Waals surface area contributed by atoms with Crippen molar-refractivity contribution in [3.8, 4) is 0 Å². The van der Waals surface area contributed by atoms with Crippen LogP contribution in [0.25, 0.3) is 0 Å². The van der Waals surface area contributed by atoms with Crippen LogP contribution in [0.3, 0.4) is 0 Å². The van der Waals surface area contributed by atoms with E-state index in [0.717, 1.165) is 13.8 Å². The summed E-state index contributed by atoms with van der Waals surface area (Å²) >= 11 is 0. The molecule has 0 N–H and O–H groups in total. The second-order valence-corrected chi connectivity index (χ2v) is 0.983. The van der Waals surface area contributed by atoms with Gasteiger partial charge in [-0.1, -0.05) is 0 Å². The second-order valence-electron chi connectivity index (χ2n) is 0.983. The van der Waals surface area contributed by atoms with E-state index >= 15 is 0 Å². The Bertz CT molecular complexity index is 75.3. The van der Waals surface area contributed by atoms with Crippen LogP contribution >= 0.6 is 17.0 Å². The molecule has 0 spiro atoms. The van der Waals surface area contributed by atoms with E-state index in [1.165, 1.54) is 0 Å². The Balaban J connectivity index is -0.0000000300. The molecule has 0 aromatic carbocycles.